The number of ether oxygens (including phenoxy) is 1. The third kappa shape index (κ3) is 7.86. The molecule has 7 heteroatoms. The molecule has 0 N–H and O–H groups in total. The molecule has 5 aromatic rings. The lowest BCUT2D eigenvalue weighted by Crippen LogP contribution is -2.52. The fraction of sp³-hybridized carbons (Fsp3) is 0.350. The summed E-state index contributed by atoms with van der Waals surface area (Å²) in [6.07, 6.45) is 1.32. The second-order valence-electron chi connectivity index (χ2n) is 13.9. The van der Waals surface area contributed by atoms with Crippen molar-refractivity contribution in [3.05, 3.63) is 118 Å². The molecule has 246 valence electrons. The lowest BCUT2D eigenvalue weighted by atomic mass is 9.56. The first-order valence-corrected chi connectivity index (χ1v) is 19.7. The second-order valence-corrected chi connectivity index (χ2v) is 19.4. The number of benzene rings is 2. The highest BCUT2D eigenvalue weighted by atomic mass is 32.2. The van der Waals surface area contributed by atoms with Gasteiger partial charge in [0.1, 0.15) is 0 Å². The Morgan fingerprint density at radius 2 is 1.32 bits per heavy atom. The number of thiocarbonyl (C=S) groups is 1. The SMILES string of the molecule is CC(C)(CC(C)(C(=O)OCCc1ccc(-c2ccc(-c3cccs3)s2)s1)C(C)(C)SC(=S)c1ccccc1)C(C)(C)c1ccccc1. The van der Waals surface area contributed by atoms with Crippen molar-refractivity contribution < 1.29 is 9.53 Å². The summed E-state index contributed by atoms with van der Waals surface area (Å²) in [5.74, 6) is -0.168. The molecular formula is C40H44O2S5. The molecule has 3 aromatic heterocycles. The molecular weight excluding hydrogens is 673 g/mol. The summed E-state index contributed by atoms with van der Waals surface area (Å²) in [4.78, 5) is 20.8. The number of hydrogen-bond acceptors (Lipinski definition) is 7. The van der Waals surface area contributed by atoms with Crippen LogP contribution in [0.25, 0.3) is 19.5 Å². The molecule has 3 heterocycles. The maximum atomic E-state index is 14.4. The molecule has 0 aliphatic heterocycles. The minimum absolute atomic E-state index is 0.168. The molecule has 1 atom stereocenters. The van der Waals surface area contributed by atoms with E-state index in [9.17, 15) is 4.79 Å². The summed E-state index contributed by atoms with van der Waals surface area (Å²) < 4.78 is 6.48. The number of carbonyl (C=O) groups is 1. The molecule has 0 aliphatic rings. The Morgan fingerprint density at radius 3 is 1.96 bits per heavy atom. The Bertz CT molecular complexity index is 1780. The number of carbonyl (C=O) groups excluding carboxylic acids is 1. The fourth-order valence-corrected chi connectivity index (χ4v) is 10.7. The number of thiophene rings is 3. The molecule has 0 bridgehead atoms. The number of hydrogen-bond donors (Lipinski definition) is 0. The number of thioether (sulfide) groups is 1. The topological polar surface area (TPSA) is 26.3 Å². The van der Waals surface area contributed by atoms with Gasteiger partial charge in [-0.1, -0.05) is 107 Å². The zero-order chi connectivity index (χ0) is 33.9. The van der Waals surface area contributed by atoms with Crippen LogP contribution in [-0.4, -0.2) is 21.5 Å². The summed E-state index contributed by atoms with van der Waals surface area (Å²) in [5.41, 5.74) is 0.978. The molecule has 0 spiro atoms. The third-order valence-corrected chi connectivity index (χ3v) is 15.3. The van der Waals surface area contributed by atoms with Crippen molar-refractivity contribution in [3.63, 3.8) is 0 Å². The first-order chi connectivity index (χ1) is 22.2. The summed E-state index contributed by atoms with van der Waals surface area (Å²) in [7, 11) is 0. The average Bonchev–Trinajstić information content (AvgIpc) is 3.84. The molecule has 0 fully saturated rings. The highest BCUT2D eigenvalue weighted by Gasteiger charge is 2.55. The van der Waals surface area contributed by atoms with Crippen molar-refractivity contribution >= 4 is 68.2 Å². The van der Waals surface area contributed by atoms with Gasteiger partial charge in [-0.2, -0.15) is 0 Å². The Labute approximate surface area is 302 Å². The van der Waals surface area contributed by atoms with Gasteiger partial charge in [-0.15, -0.1) is 45.8 Å². The zero-order valence-electron chi connectivity index (χ0n) is 28.3. The predicted octanol–water partition coefficient (Wildman–Crippen LogP) is 12.6. The average molecular weight is 717 g/mol. The van der Waals surface area contributed by atoms with E-state index in [1.807, 2.05) is 41.7 Å². The standard InChI is InChI=1S/C40H44O2S5/c1-37(2,38(3,4)29-17-12-9-13-18-29)27-40(7,39(5,6)47-35(43)28-15-10-8-11-16-28)36(41)42-25-24-30-20-21-33(45-30)34-23-22-32(46-34)31-19-14-26-44-31/h8-23,26H,24-25,27H2,1-7H3. The van der Waals surface area contributed by atoms with Crippen LogP contribution in [0.4, 0.5) is 0 Å². The molecule has 2 aromatic carbocycles. The van der Waals surface area contributed by atoms with Crippen molar-refractivity contribution in [2.45, 2.75) is 71.5 Å². The lowest BCUT2D eigenvalue weighted by molar-refractivity contribution is -0.159. The Balaban J connectivity index is 1.34. The Hall–Kier alpha value is -2.55. The van der Waals surface area contributed by atoms with Crippen LogP contribution >= 0.6 is 58.0 Å². The highest BCUT2D eigenvalue weighted by Crippen LogP contribution is 2.55. The first kappa shape index (κ1) is 35.7. The quantitative estimate of drug-likeness (QED) is 0.0895. The molecule has 5 rings (SSSR count). The van der Waals surface area contributed by atoms with Gasteiger partial charge in [0.15, 0.2) is 0 Å². The lowest BCUT2D eigenvalue weighted by Gasteiger charge is -2.51. The van der Waals surface area contributed by atoms with Crippen LogP contribution in [-0.2, 0) is 21.4 Å². The van der Waals surface area contributed by atoms with Crippen molar-refractivity contribution in [1.29, 1.82) is 0 Å². The van der Waals surface area contributed by atoms with Crippen molar-refractivity contribution in [2.24, 2.45) is 10.8 Å². The van der Waals surface area contributed by atoms with Crippen LogP contribution in [0.1, 0.15) is 70.9 Å². The van der Waals surface area contributed by atoms with E-state index in [1.54, 1.807) is 34.4 Å². The van der Waals surface area contributed by atoms with Gasteiger partial charge in [-0.05, 0) is 84.9 Å². The van der Waals surface area contributed by atoms with E-state index in [1.165, 1.54) is 29.9 Å². The van der Waals surface area contributed by atoms with Gasteiger partial charge in [0.05, 0.1) is 16.2 Å². The summed E-state index contributed by atoms with van der Waals surface area (Å²) >= 11 is 12.9. The van der Waals surface area contributed by atoms with Gasteiger partial charge in [0, 0.05) is 35.6 Å². The van der Waals surface area contributed by atoms with Gasteiger partial charge >= 0.3 is 5.97 Å². The van der Waals surface area contributed by atoms with Gasteiger partial charge in [-0.3, -0.25) is 4.79 Å². The molecule has 0 saturated carbocycles. The van der Waals surface area contributed by atoms with E-state index in [-0.39, 0.29) is 16.8 Å². The molecule has 2 nitrogen and oxygen atoms in total. The van der Waals surface area contributed by atoms with E-state index in [0.717, 1.165) is 9.76 Å². The maximum absolute atomic E-state index is 14.4. The fourth-order valence-electron chi connectivity index (χ4n) is 5.93. The van der Waals surface area contributed by atoms with E-state index in [0.29, 0.717) is 19.4 Å². The largest absolute Gasteiger partial charge is 0.465 e. The third-order valence-electron chi connectivity index (χ3n) is 9.98. The molecule has 0 amide bonds. The van der Waals surface area contributed by atoms with Crippen LogP contribution < -0.4 is 0 Å². The Kier molecular flexibility index (Phi) is 11.0. The van der Waals surface area contributed by atoms with E-state index in [2.05, 4.69) is 121 Å². The van der Waals surface area contributed by atoms with Crippen molar-refractivity contribution in [3.8, 4) is 19.5 Å². The molecule has 0 aliphatic carbocycles. The number of rotatable bonds is 13. The van der Waals surface area contributed by atoms with Crippen LogP contribution in [0.15, 0.2) is 102 Å². The maximum Gasteiger partial charge on any atom is 0.313 e. The van der Waals surface area contributed by atoms with Crippen LogP contribution in [0.2, 0.25) is 0 Å². The highest BCUT2D eigenvalue weighted by molar-refractivity contribution is 8.24. The van der Waals surface area contributed by atoms with Crippen LogP contribution in [0.5, 0.6) is 0 Å². The zero-order valence-corrected chi connectivity index (χ0v) is 32.4. The predicted molar refractivity (Wildman–Crippen MR) is 211 cm³/mol. The van der Waals surface area contributed by atoms with E-state index in [4.69, 9.17) is 17.0 Å². The van der Waals surface area contributed by atoms with Crippen LogP contribution in [0, 0.1) is 10.8 Å². The van der Waals surface area contributed by atoms with Gasteiger partial charge in [0.2, 0.25) is 0 Å². The van der Waals surface area contributed by atoms with Gasteiger partial charge in [0.25, 0.3) is 0 Å². The molecule has 1 unspecified atom stereocenters. The Morgan fingerprint density at radius 1 is 0.723 bits per heavy atom. The van der Waals surface area contributed by atoms with Gasteiger partial charge in [-0.25, -0.2) is 0 Å². The first-order valence-electron chi connectivity index (χ1n) is 16.0. The van der Waals surface area contributed by atoms with E-state index < -0.39 is 10.2 Å². The summed E-state index contributed by atoms with van der Waals surface area (Å²) in [5, 5.41) is 2.12. The molecule has 0 radical (unpaired) electrons. The van der Waals surface area contributed by atoms with Crippen LogP contribution in [0.3, 0.4) is 0 Å². The summed E-state index contributed by atoms with van der Waals surface area (Å²) in [6, 6.07) is 33.7. The summed E-state index contributed by atoms with van der Waals surface area (Å²) in [6.45, 7) is 15.9. The minimum Gasteiger partial charge on any atom is -0.465 e. The van der Waals surface area contributed by atoms with Crippen molar-refractivity contribution in [1.82, 2.24) is 0 Å². The monoisotopic (exact) mass is 716 g/mol. The smallest absolute Gasteiger partial charge is 0.313 e. The molecule has 0 saturated heterocycles. The normalized spacial score (nSPS) is 13.7. The number of esters is 1. The molecule has 47 heavy (non-hydrogen) atoms. The van der Waals surface area contributed by atoms with Gasteiger partial charge < -0.3 is 4.74 Å². The van der Waals surface area contributed by atoms with Crippen molar-refractivity contribution in [2.75, 3.05) is 6.61 Å². The van der Waals surface area contributed by atoms with E-state index >= 15 is 0 Å². The minimum atomic E-state index is -0.832. The second kappa shape index (κ2) is 14.5.